The number of ether oxygens (including phenoxy) is 2. The quantitative estimate of drug-likeness (QED) is 0.125. The molecule has 0 amide bonds. The van der Waals surface area contributed by atoms with Crippen molar-refractivity contribution in [2.75, 3.05) is 55.4 Å². The summed E-state index contributed by atoms with van der Waals surface area (Å²) in [6, 6.07) is 118. The van der Waals surface area contributed by atoms with Crippen molar-refractivity contribution in [2.45, 2.75) is 0 Å². The summed E-state index contributed by atoms with van der Waals surface area (Å²) in [4.78, 5) is 17.1. The summed E-state index contributed by atoms with van der Waals surface area (Å²) in [5, 5.41) is 2.36. The second-order valence-corrected chi connectivity index (χ2v) is 30.2. The number of nitrogens with zero attached hydrogens (tertiary/aromatic N) is 7. The van der Waals surface area contributed by atoms with Gasteiger partial charge in [-0.1, -0.05) is 170 Å². The molecule has 0 unspecified atom stereocenters. The van der Waals surface area contributed by atoms with Gasteiger partial charge < -0.3 is 43.8 Å². The first-order valence-corrected chi connectivity index (χ1v) is 37.5. The zero-order chi connectivity index (χ0) is 69.3. The Labute approximate surface area is 618 Å². The van der Waals surface area contributed by atoms with Gasteiger partial charge in [0.05, 0.1) is 22.7 Å². The van der Waals surface area contributed by atoms with Gasteiger partial charge in [-0.3, -0.25) is 0 Å². The second kappa shape index (κ2) is 23.2. The molecule has 14 heteroatoms. The van der Waals surface area contributed by atoms with Crippen LogP contribution in [0.2, 0.25) is 0 Å². The third-order valence-corrected chi connectivity index (χ3v) is 24.9. The maximum absolute atomic E-state index is 7.80. The van der Waals surface area contributed by atoms with E-state index in [4.69, 9.17) is 9.47 Å². The van der Waals surface area contributed by atoms with E-state index in [1.54, 1.807) is 0 Å². The molecule has 494 valence electrons. The lowest BCUT2D eigenvalue weighted by Crippen LogP contribution is -2.65. The number of hydrogen-bond donors (Lipinski definition) is 0. The number of hydrogen-bond acceptors (Lipinski definition) is 11. The van der Waals surface area contributed by atoms with Gasteiger partial charge in [-0.05, 0) is 172 Å². The van der Waals surface area contributed by atoms with Crippen molar-refractivity contribution in [1.29, 1.82) is 0 Å². The van der Waals surface area contributed by atoms with Crippen LogP contribution in [-0.4, -0.2) is 41.3 Å². The first-order chi connectivity index (χ1) is 51.8. The van der Waals surface area contributed by atoms with Gasteiger partial charge in [-0.2, -0.15) is 0 Å². The Hall–Kier alpha value is -12.6. The lowest BCUT2D eigenvalue weighted by atomic mass is 9.30. The number of para-hydroxylation sites is 7. The second-order valence-electron chi connectivity index (χ2n) is 28.0. The number of rotatable bonds is 10. The summed E-state index contributed by atoms with van der Waals surface area (Å²) in [5.74, 6) is 3.44. The van der Waals surface area contributed by atoms with Gasteiger partial charge >= 0.3 is 0 Å². The van der Waals surface area contributed by atoms with Crippen LogP contribution in [0, 0.1) is 0 Å². The molecule has 2 aromatic heterocycles. The Morgan fingerprint density at radius 2 is 0.638 bits per heavy atom. The molecule has 9 nitrogen and oxygen atoms in total. The summed E-state index contributed by atoms with van der Waals surface area (Å²) in [5.41, 5.74) is 28.1. The van der Waals surface area contributed by atoms with Crippen molar-refractivity contribution >= 4 is 213 Å². The maximum Gasteiger partial charge on any atom is 0.268 e. The van der Waals surface area contributed by atoms with Crippen LogP contribution in [0.15, 0.2) is 322 Å². The standard InChI is InChI=1S/C91H62B3N7O2S2/c1-95-74-55-73-69(53-70(74)93-85-76(95)47-64(98(57-29-11-4-12-30-57)58-31-13-5-14-32-58)50-79(85)101(63-41-23-10-24-42-63)88-67-43-25-27-45-83(67)104-90(88)93)92-72-54-71-75(56-80(72)102-81-51-65(48-77(86(81)92)96(73)2)99(59-33-15-6-16-34-59)60-35-17-7-18-36-60)97(3)78-49-66(100(61-37-19-8-20-38-61)62-39-21-9-22-40-62)52-82-87(78)94(71)91-89(103-82)68-44-26-28-46-84(68)105-91/h4-56H,1-3H3. The fraction of sp³-hybridized carbons (Fsp3) is 0.0330. The molecule has 0 aliphatic carbocycles. The molecule has 0 saturated carbocycles. The topological polar surface area (TPSA) is 41.1 Å². The lowest BCUT2D eigenvalue weighted by molar-refractivity contribution is 0.488. The predicted octanol–water partition coefficient (Wildman–Crippen LogP) is 18.3. The van der Waals surface area contributed by atoms with Crippen molar-refractivity contribution in [3.05, 3.63) is 322 Å². The number of anilines is 18. The molecule has 22 rings (SSSR count). The van der Waals surface area contributed by atoms with Crippen LogP contribution in [-0.2, 0) is 0 Å². The van der Waals surface area contributed by atoms with E-state index >= 15 is 0 Å². The smallest absolute Gasteiger partial charge is 0.268 e. The van der Waals surface area contributed by atoms with Gasteiger partial charge in [-0.15, -0.1) is 22.7 Å². The molecule has 6 aliphatic rings. The van der Waals surface area contributed by atoms with E-state index in [1.807, 2.05) is 22.7 Å². The predicted molar refractivity (Wildman–Crippen MR) is 446 cm³/mol. The highest BCUT2D eigenvalue weighted by molar-refractivity contribution is 7.34. The molecular weight excluding hydrogens is 1320 g/mol. The van der Waals surface area contributed by atoms with Crippen LogP contribution in [0.3, 0.4) is 0 Å². The molecule has 8 heterocycles. The molecule has 0 N–H and O–H groups in total. The van der Waals surface area contributed by atoms with Crippen molar-refractivity contribution < 1.29 is 9.47 Å². The van der Waals surface area contributed by atoms with Crippen LogP contribution in [0.1, 0.15) is 0 Å². The fourth-order valence-electron chi connectivity index (χ4n) is 17.9. The first-order valence-electron chi connectivity index (χ1n) is 35.9. The Bertz CT molecular complexity index is 6120. The third kappa shape index (κ3) is 8.97. The molecule has 0 saturated heterocycles. The van der Waals surface area contributed by atoms with Gasteiger partial charge in [-0.25, -0.2) is 0 Å². The Kier molecular flexibility index (Phi) is 13.3. The summed E-state index contributed by atoms with van der Waals surface area (Å²) in [6.45, 7) is -0.568. The monoisotopic (exact) mass is 1380 g/mol. The molecule has 0 bridgehead atoms. The number of fused-ring (bicyclic) bond motifs is 16. The van der Waals surface area contributed by atoms with E-state index in [2.05, 4.69) is 377 Å². The average Bonchev–Trinajstić information content (AvgIpc) is 1.68. The largest absolute Gasteiger partial charge is 0.458 e. The van der Waals surface area contributed by atoms with Crippen molar-refractivity contribution in [3.63, 3.8) is 0 Å². The zero-order valence-electron chi connectivity index (χ0n) is 57.6. The lowest BCUT2D eigenvalue weighted by Gasteiger charge is -2.45. The maximum atomic E-state index is 7.80. The molecule has 0 fully saturated rings. The van der Waals surface area contributed by atoms with Crippen molar-refractivity contribution in [3.8, 4) is 23.0 Å². The van der Waals surface area contributed by atoms with Crippen molar-refractivity contribution in [2.24, 2.45) is 0 Å². The summed E-state index contributed by atoms with van der Waals surface area (Å²) in [7, 11) is 6.80. The SMILES string of the molecule is CN1c2cc3c(cc2B2c4cc5c(cc4Oc4cc(N(c6ccccc6)c6ccccc6)cc1c42)N(C)c1cc(N(c2ccccc2)c2ccccc2)cc2c1B5c1sc4ccccc4c1O2)B1c2sc4ccccc4c2N(c2ccccc2)c2cc(N(c4ccccc4)c4ccccc4)cc(c21)N3C. The highest BCUT2D eigenvalue weighted by Gasteiger charge is 2.51. The summed E-state index contributed by atoms with van der Waals surface area (Å²) in [6.07, 6.45) is 0. The number of benzene rings is 14. The molecule has 16 aromatic rings. The number of thiophene rings is 2. The van der Waals surface area contributed by atoms with E-state index in [9.17, 15) is 0 Å². The van der Waals surface area contributed by atoms with Gasteiger partial charge in [0.15, 0.2) is 0 Å². The van der Waals surface area contributed by atoms with Crippen LogP contribution in [0.25, 0.3) is 20.2 Å². The molecule has 6 aliphatic heterocycles. The average molecular weight is 1380 g/mol. The molecule has 0 spiro atoms. The zero-order valence-corrected chi connectivity index (χ0v) is 59.2. The first kappa shape index (κ1) is 60.0. The molecule has 14 aromatic carbocycles. The van der Waals surface area contributed by atoms with Crippen LogP contribution in [0.4, 0.5) is 102 Å². The molecule has 105 heavy (non-hydrogen) atoms. The summed E-state index contributed by atoms with van der Waals surface area (Å²) >= 11 is 3.79. The van der Waals surface area contributed by atoms with Crippen LogP contribution >= 0.6 is 22.7 Å². The van der Waals surface area contributed by atoms with Gasteiger partial charge in [0, 0.05) is 149 Å². The Morgan fingerprint density at radius 3 is 1.14 bits per heavy atom. The molecule has 0 atom stereocenters. The van der Waals surface area contributed by atoms with Gasteiger partial charge in [0.2, 0.25) is 0 Å². The Balaban J connectivity index is 0.798. The van der Waals surface area contributed by atoms with Crippen molar-refractivity contribution in [1.82, 2.24) is 0 Å². The van der Waals surface area contributed by atoms with E-state index in [1.165, 1.54) is 57.6 Å². The minimum absolute atomic E-state index is 0.140. The minimum atomic E-state index is -0.262. The minimum Gasteiger partial charge on any atom is -0.458 e. The van der Waals surface area contributed by atoms with E-state index in [0.29, 0.717) is 0 Å². The highest BCUT2D eigenvalue weighted by atomic mass is 32.1. The van der Waals surface area contributed by atoms with Gasteiger partial charge in [0.1, 0.15) is 23.0 Å². The molecule has 0 radical (unpaired) electrons. The van der Waals surface area contributed by atoms with E-state index in [-0.39, 0.29) is 20.1 Å². The van der Waals surface area contributed by atoms with Gasteiger partial charge in [0.25, 0.3) is 20.1 Å². The summed E-state index contributed by atoms with van der Waals surface area (Å²) < 4.78 is 20.2. The normalized spacial score (nSPS) is 13.5. The van der Waals surface area contributed by atoms with E-state index in [0.717, 1.165) is 136 Å². The van der Waals surface area contributed by atoms with E-state index < -0.39 is 0 Å². The fourth-order valence-corrected chi connectivity index (χ4v) is 20.5. The van der Waals surface area contributed by atoms with Crippen LogP contribution in [0.5, 0.6) is 23.0 Å². The highest BCUT2D eigenvalue weighted by Crippen LogP contribution is 2.53. The van der Waals surface area contributed by atoms with Crippen LogP contribution < -0.4 is 91.6 Å². The molecular formula is C91H62B3N7O2S2. The third-order valence-electron chi connectivity index (χ3n) is 22.4. The Morgan fingerprint density at radius 1 is 0.276 bits per heavy atom.